The number of nitrogens with zero attached hydrogens (tertiary/aromatic N) is 3. The average Bonchev–Trinajstić information content (AvgIpc) is 3.10. The van der Waals surface area contributed by atoms with Gasteiger partial charge in [0.2, 0.25) is 5.95 Å². The number of aromatic amines is 1. The van der Waals surface area contributed by atoms with Gasteiger partial charge in [0.1, 0.15) is 17.4 Å². The Morgan fingerprint density at radius 3 is 2.35 bits per heavy atom. The van der Waals surface area contributed by atoms with Gasteiger partial charge in [0, 0.05) is 29.3 Å². The number of rotatable bonds is 10. The fourth-order valence-electron chi connectivity index (χ4n) is 4.60. The van der Waals surface area contributed by atoms with Gasteiger partial charge in [-0.25, -0.2) is 14.8 Å². The Morgan fingerprint density at radius 1 is 0.918 bits per heavy atom. The smallest absolute Gasteiger partial charge is 0.326 e. The molecule has 0 aliphatic rings. The van der Waals surface area contributed by atoms with Gasteiger partial charge in [-0.3, -0.25) is 24.2 Å². The monoisotopic (exact) mass is 663 g/mol. The number of aliphatic carboxylic acids is 2. The first-order valence-electron chi connectivity index (χ1n) is 14.8. The van der Waals surface area contributed by atoms with Crippen molar-refractivity contribution in [1.29, 1.82) is 0 Å². The van der Waals surface area contributed by atoms with Crippen LogP contribution in [0.3, 0.4) is 0 Å². The predicted octanol–water partition coefficient (Wildman–Crippen LogP) is 3.42. The van der Waals surface area contributed by atoms with E-state index in [0.29, 0.717) is 28.1 Å². The second kappa shape index (κ2) is 15.1. The van der Waals surface area contributed by atoms with Crippen molar-refractivity contribution in [2.24, 2.45) is 0 Å². The van der Waals surface area contributed by atoms with Gasteiger partial charge in [0.15, 0.2) is 16.6 Å². The minimum Gasteiger partial charge on any atom is -0.481 e. The van der Waals surface area contributed by atoms with Gasteiger partial charge in [-0.05, 0) is 42.8 Å². The zero-order valence-electron chi connectivity index (χ0n) is 25.6. The number of H-pyrrole nitrogens is 1. The minimum absolute atomic E-state index is 0.00861. The summed E-state index contributed by atoms with van der Waals surface area (Å²) in [6, 6.07) is 23.3. The molecule has 7 N–H and O–H groups in total. The predicted molar refractivity (Wildman–Crippen MR) is 180 cm³/mol. The zero-order valence-corrected chi connectivity index (χ0v) is 25.6. The molecule has 0 saturated heterocycles. The van der Waals surface area contributed by atoms with E-state index in [-0.39, 0.29) is 47.5 Å². The molecule has 0 bridgehead atoms. The highest BCUT2D eigenvalue weighted by molar-refractivity contribution is 5.97. The van der Waals surface area contributed by atoms with Crippen LogP contribution in [0, 0.1) is 0 Å². The zero-order chi connectivity index (χ0) is 34.9. The molecule has 0 spiro atoms. The number of para-hydroxylation sites is 1. The van der Waals surface area contributed by atoms with E-state index in [1.54, 1.807) is 18.2 Å². The van der Waals surface area contributed by atoms with E-state index in [2.05, 4.69) is 30.6 Å². The van der Waals surface area contributed by atoms with Crippen molar-refractivity contribution in [2.45, 2.75) is 25.4 Å². The molecule has 6 rings (SSSR count). The van der Waals surface area contributed by atoms with Crippen LogP contribution in [0.25, 0.3) is 33.5 Å². The molecular weight excluding hydrogens is 634 g/mol. The van der Waals surface area contributed by atoms with E-state index < -0.39 is 29.4 Å². The standard InChI is InChI=1S/C19H19N7O6.C15H10O2/c20-19-25-15-14(17(30)26-19)23-11(8-22-15)7-21-10-3-1-9(2-4-10)16(29)24-12(18(31)32)5-6-13(27)28;16-13-10-15(11-6-2-1-3-7-11)17-14-9-5-4-8-12(13)14/h1-4,8,12,21H,5-7H2,(H,24,29)(H,27,28)(H,31,32)(H3,20,22,25,26,30);1-10H. The van der Waals surface area contributed by atoms with Gasteiger partial charge in [-0.1, -0.05) is 42.5 Å². The summed E-state index contributed by atoms with van der Waals surface area (Å²) in [5.41, 5.74) is 8.00. The van der Waals surface area contributed by atoms with Gasteiger partial charge in [0.25, 0.3) is 11.5 Å². The van der Waals surface area contributed by atoms with Crippen LogP contribution in [0.2, 0.25) is 0 Å². The van der Waals surface area contributed by atoms with Gasteiger partial charge in [-0.2, -0.15) is 4.98 Å². The molecule has 1 amide bonds. The Hall–Kier alpha value is -6.90. The maximum Gasteiger partial charge on any atom is 0.326 e. The lowest BCUT2D eigenvalue weighted by Gasteiger charge is -2.14. The summed E-state index contributed by atoms with van der Waals surface area (Å²) in [6.45, 7) is 0.231. The Kier molecular flexibility index (Phi) is 10.3. The van der Waals surface area contributed by atoms with Crippen molar-refractivity contribution >= 4 is 51.6 Å². The molecule has 0 aliphatic carbocycles. The molecule has 0 saturated carbocycles. The Morgan fingerprint density at radius 2 is 1.63 bits per heavy atom. The first kappa shape index (κ1) is 33.5. The van der Waals surface area contributed by atoms with E-state index in [0.717, 1.165) is 5.56 Å². The highest BCUT2D eigenvalue weighted by Crippen LogP contribution is 2.21. The van der Waals surface area contributed by atoms with Crippen LogP contribution >= 0.6 is 0 Å². The number of carbonyl (C=O) groups excluding carboxylic acids is 1. The van der Waals surface area contributed by atoms with Crippen LogP contribution in [-0.2, 0) is 16.1 Å². The average molecular weight is 664 g/mol. The number of fused-ring (bicyclic) bond motifs is 2. The molecule has 0 radical (unpaired) electrons. The molecule has 3 heterocycles. The summed E-state index contributed by atoms with van der Waals surface area (Å²) in [4.78, 5) is 72.5. The fourth-order valence-corrected chi connectivity index (χ4v) is 4.60. The second-order valence-corrected chi connectivity index (χ2v) is 10.5. The third kappa shape index (κ3) is 8.68. The molecule has 0 fully saturated rings. The normalized spacial score (nSPS) is 11.3. The Labute approximate surface area is 276 Å². The maximum absolute atomic E-state index is 12.3. The lowest BCUT2D eigenvalue weighted by molar-refractivity contribution is -0.140. The number of nitrogen functional groups attached to an aromatic ring is 1. The summed E-state index contributed by atoms with van der Waals surface area (Å²) in [7, 11) is 0. The first-order chi connectivity index (χ1) is 23.6. The number of nitrogens with two attached hydrogens (primary N) is 1. The van der Waals surface area contributed by atoms with Gasteiger partial charge >= 0.3 is 11.9 Å². The third-order valence-corrected chi connectivity index (χ3v) is 7.05. The molecule has 49 heavy (non-hydrogen) atoms. The highest BCUT2D eigenvalue weighted by atomic mass is 16.4. The first-order valence-corrected chi connectivity index (χ1v) is 14.8. The van der Waals surface area contributed by atoms with Crippen LogP contribution in [0.4, 0.5) is 11.6 Å². The van der Waals surface area contributed by atoms with Crippen molar-refractivity contribution in [3.63, 3.8) is 0 Å². The summed E-state index contributed by atoms with van der Waals surface area (Å²) < 4.78 is 5.73. The van der Waals surface area contributed by atoms with E-state index in [9.17, 15) is 24.0 Å². The van der Waals surface area contributed by atoms with Gasteiger partial charge in [0.05, 0.1) is 23.8 Å². The molecular formula is C34H29N7O8. The lowest BCUT2D eigenvalue weighted by Crippen LogP contribution is -2.41. The van der Waals surface area contributed by atoms with E-state index >= 15 is 0 Å². The number of amides is 1. The van der Waals surface area contributed by atoms with E-state index in [4.69, 9.17) is 20.4 Å². The number of carboxylic acid groups (broad SMARTS) is 2. The number of carboxylic acids is 2. The molecule has 6 aromatic rings. The third-order valence-electron chi connectivity index (χ3n) is 7.05. The SMILES string of the molecule is Nc1nc2ncc(CNc3ccc(C(=O)NC(CCC(=O)O)C(=O)O)cc3)nc2c(=O)[nH]1.O=c1cc(-c2ccccc2)oc2ccccc12. The van der Waals surface area contributed by atoms with Crippen molar-refractivity contribution in [3.8, 4) is 11.3 Å². The van der Waals surface area contributed by atoms with Crippen LogP contribution in [0.5, 0.6) is 0 Å². The van der Waals surface area contributed by atoms with Crippen molar-refractivity contribution in [3.05, 3.63) is 123 Å². The molecule has 3 aromatic heterocycles. The number of anilines is 2. The number of carbonyl (C=O) groups is 3. The van der Waals surface area contributed by atoms with Crippen LogP contribution < -0.4 is 27.4 Å². The largest absolute Gasteiger partial charge is 0.481 e. The number of hydrogen-bond donors (Lipinski definition) is 6. The Balaban J connectivity index is 0.000000229. The quantitative estimate of drug-likeness (QED) is 0.123. The fraction of sp³-hybridized carbons (Fsp3) is 0.118. The van der Waals surface area contributed by atoms with Gasteiger partial charge in [-0.15, -0.1) is 0 Å². The molecule has 248 valence electrons. The summed E-state index contributed by atoms with van der Waals surface area (Å²) in [5, 5.41) is 23.8. The Bertz CT molecular complexity index is 2250. The topological polar surface area (TPSA) is 243 Å². The van der Waals surface area contributed by atoms with Crippen molar-refractivity contribution in [2.75, 3.05) is 11.1 Å². The van der Waals surface area contributed by atoms with Crippen LogP contribution in [0.1, 0.15) is 28.9 Å². The molecule has 15 nitrogen and oxygen atoms in total. The minimum atomic E-state index is -1.31. The summed E-state index contributed by atoms with van der Waals surface area (Å²) in [5.74, 6) is -2.55. The number of aromatic nitrogens is 4. The van der Waals surface area contributed by atoms with E-state index in [1.807, 2.05) is 48.5 Å². The van der Waals surface area contributed by atoms with E-state index in [1.165, 1.54) is 24.4 Å². The van der Waals surface area contributed by atoms with Crippen LogP contribution in [0.15, 0.2) is 105 Å². The molecule has 3 aromatic carbocycles. The number of nitrogens with one attached hydrogen (secondary N) is 3. The summed E-state index contributed by atoms with van der Waals surface area (Å²) in [6.07, 6.45) is 0.840. The molecule has 15 heteroatoms. The molecule has 1 unspecified atom stereocenters. The van der Waals surface area contributed by atoms with Crippen LogP contribution in [-0.4, -0.2) is 54.0 Å². The van der Waals surface area contributed by atoms with Crippen molar-refractivity contribution in [1.82, 2.24) is 25.3 Å². The molecule has 0 aliphatic heterocycles. The highest BCUT2D eigenvalue weighted by Gasteiger charge is 2.21. The summed E-state index contributed by atoms with van der Waals surface area (Å²) >= 11 is 0. The number of benzene rings is 3. The molecule has 1 atom stereocenters. The number of hydrogen-bond acceptors (Lipinski definition) is 11. The van der Waals surface area contributed by atoms with Crippen molar-refractivity contribution < 1.29 is 29.0 Å². The lowest BCUT2D eigenvalue weighted by atomic mass is 10.1. The maximum atomic E-state index is 12.3. The second-order valence-electron chi connectivity index (χ2n) is 10.5. The van der Waals surface area contributed by atoms with Gasteiger partial charge < -0.3 is 31.0 Å².